The van der Waals surface area contributed by atoms with Crippen LogP contribution in [0.3, 0.4) is 0 Å². The van der Waals surface area contributed by atoms with Gasteiger partial charge in [-0.25, -0.2) is 0 Å². The van der Waals surface area contributed by atoms with Crippen LogP contribution in [0.1, 0.15) is 36.0 Å². The summed E-state index contributed by atoms with van der Waals surface area (Å²) in [7, 11) is 0. The van der Waals surface area contributed by atoms with Gasteiger partial charge in [0.05, 0.1) is 5.69 Å². The minimum absolute atomic E-state index is 0.345. The summed E-state index contributed by atoms with van der Waals surface area (Å²) in [4.78, 5) is 1.37. The first-order valence-electron chi connectivity index (χ1n) is 6.00. The summed E-state index contributed by atoms with van der Waals surface area (Å²) in [6.45, 7) is 8.23. The summed E-state index contributed by atoms with van der Waals surface area (Å²) < 4.78 is 1.99. The van der Waals surface area contributed by atoms with Crippen LogP contribution in [0.25, 0.3) is 0 Å². The Balaban J connectivity index is 1.99. The fourth-order valence-corrected chi connectivity index (χ4v) is 2.55. The number of thiophene rings is 1. The molecule has 1 N–H and O–H groups in total. The molecule has 0 aromatic carbocycles. The van der Waals surface area contributed by atoms with Crippen LogP contribution in [0, 0.1) is 6.92 Å². The second-order valence-corrected chi connectivity index (χ2v) is 5.24. The molecule has 0 amide bonds. The van der Waals surface area contributed by atoms with Crippen molar-refractivity contribution in [3.05, 3.63) is 39.8 Å². The Morgan fingerprint density at radius 2 is 2.35 bits per heavy atom. The smallest absolute Gasteiger partial charge is 0.0641 e. The van der Waals surface area contributed by atoms with Crippen LogP contribution in [0.2, 0.25) is 0 Å². The van der Waals surface area contributed by atoms with Crippen LogP contribution in [-0.4, -0.2) is 9.78 Å². The van der Waals surface area contributed by atoms with Crippen molar-refractivity contribution in [3.63, 3.8) is 0 Å². The largest absolute Gasteiger partial charge is 0.305 e. The summed E-state index contributed by atoms with van der Waals surface area (Å²) in [6, 6.07) is 4.59. The summed E-state index contributed by atoms with van der Waals surface area (Å²) >= 11 is 1.79. The lowest BCUT2D eigenvalue weighted by molar-refractivity contribution is 0.575. The SMILES string of the molecule is CCn1cc(C(C)NCc2cccs2)c(C)n1. The lowest BCUT2D eigenvalue weighted by atomic mass is 10.1. The van der Waals surface area contributed by atoms with Crippen LogP contribution in [0.5, 0.6) is 0 Å². The molecule has 2 aromatic heterocycles. The molecule has 0 aliphatic rings. The third-order valence-electron chi connectivity index (χ3n) is 2.94. The Morgan fingerprint density at radius 1 is 1.53 bits per heavy atom. The van der Waals surface area contributed by atoms with E-state index in [9.17, 15) is 0 Å². The van der Waals surface area contributed by atoms with Crippen molar-refractivity contribution in [2.45, 2.75) is 39.9 Å². The van der Waals surface area contributed by atoms with Gasteiger partial charge in [-0.1, -0.05) is 6.07 Å². The van der Waals surface area contributed by atoms with Crippen LogP contribution in [0.15, 0.2) is 23.7 Å². The van der Waals surface area contributed by atoms with Gasteiger partial charge in [0.1, 0.15) is 0 Å². The molecule has 0 saturated heterocycles. The van der Waals surface area contributed by atoms with E-state index in [4.69, 9.17) is 0 Å². The Bertz CT molecular complexity index is 459. The first kappa shape index (κ1) is 12.3. The first-order chi connectivity index (χ1) is 8.20. The van der Waals surface area contributed by atoms with Crippen LogP contribution >= 0.6 is 11.3 Å². The van der Waals surface area contributed by atoms with Gasteiger partial charge >= 0.3 is 0 Å². The van der Waals surface area contributed by atoms with Crippen LogP contribution < -0.4 is 5.32 Å². The highest BCUT2D eigenvalue weighted by Gasteiger charge is 2.11. The Morgan fingerprint density at radius 3 is 2.94 bits per heavy atom. The van der Waals surface area contributed by atoms with Crippen LogP contribution in [-0.2, 0) is 13.1 Å². The van der Waals surface area contributed by atoms with Crippen molar-refractivity contribution >= 4 is 11.3 Å². The zero-order valence-corrected chi connectivity index (χ0v) is 11.4. The first-order valence-corrected chi connectivity index (χ1v) is 6.88. The fraction of sp³-hybridized carbons (Fsp3) is 0.462. The lowest BCUT2D eigenvalue weighted by Gasteiger charge is -2.12. The topological polar surface area (TPSA) is 29.9 Å². The minimum Gasteiger partial charge on any atom is -0.305 e. The Hall–Kier alpha value is -1.13. The molecule has 2 heterocycles. The second kappa shape index (κ2) is 5.47. The standard InChI is InChI=1S/C13H19N3S/c1-4-16-9-13(11(3)15-16)10(2)14-8-12-6-5-7-17-12/h5-7,9-10,14H,4,8H2,1-3H3. The molecular formula is C13H19N3S. The van der Waals surface area contributed by atoms with Gasteiger partial charge in [-0.05, 0) is 32.2 Å². The molecule has 1 atom stereocenters. The van der Waals surface area contributed by atoms with E-state index >= 15 is 0 Å². The summed E-state index contributed by atoms with van der Waals surface area (Å²) in [6.07, 6.45) is 2.14. The molecule has 0 radical (unpaired) electrons. The second-order valence-electron chi connectivity index (χ2n) is 4.21. The molecule has 92 valence electrons. The van der Waals surface area contributed by atoms with Gasteiger partial charge < -0.3 is 5.32 Å². The van der Waals surface area contributed by atoms with Crippen molar-refractivity contribution in [1.29, 1.82) is 0 Å². The average Bonchev–Trinajstić information content (AvgIpc) is 2.94. The predicted octanol–water partition coefficient (Wildman–Crippen LogP) is 3.12. The maximum absolute atomic E-state index is 4.47. The number of hydrogen-bond acceptors (Lipinski definition) is 3. The molecule has 0 aliphatic carbocycles. The van der Waals surface area contributed by atoms with E-state index in [1.54, 1.807) is 11.3 Å². The summed E-state index contributed by atoms with van der Waals surface area (Å²) in [5, 5.41) is 10.1. The Labute approximate surface area is 106 Å². The number of aromatic nitrogens is 2. The highest BCUT2D eigenvalue weighted by molar-refractivity contribution is 7.09. The van der Waals surface area contributed by atoms with Crippen molar-refractivity contribution in [1.82, 2.24) is 15.1 Å². The highest BCUT2D eigenvalue weighted by Crippen LogP contribution is 2.17. The zero-order chi connectivity index (χ0) is 12.3. The van der Waals surface area contributed by atoms with Crippen molar-refractivity contribution < 1.29 is 0 Å². The van der Waals surface area contributed by atoms with Gasteiger partial charge in [0.2, 0.25) is 0 Å². The molecular weight excluding hydrogens is 230 g/mol. The fourth-order valence-electron chi connectivity index (χ4n) is 1.90. The number of aryl methyl sites for hydroxylation is 2. The van der Waals surface area contributed by atoms with E-state index in [2.05, 4.69) is 54.9 Å². The minimum atomic E-state index is 0.345. The molecule has 3 nitrogen and oxygen atoms in total. The lowest BCUT2D eigenvalue weighted by Crippen LogP contribution is -2.17. The monoisotopic (exact) mass is 249 g/mol. The van der Waals surface area contributed by atoms with E-state index < -0.39 is 0 Å². The van der Waals surface area contributed by atoms with Crippen molar-refractivity contribution in [3.8, 4) is 0 Å². The molecule has 17 heavy (non-hydrogen) atoms. The van der Waals surface area contributed by atoms with Gasteiger partial charge in [-0.15, -0.1) is 11.3 Å². The maximum atomic E-state index is 4.47. The molecule has 0 bridgehead atoms. The summed E-state index contributed by atoms with van der Waals surface area (Å²) in [5.41, 5.74) is 2.42. The van der Waals surface area contributed by atoms with Gasteiger partial charge in [0.15, 0.2) is 0 Å². The van der Waals surface area contributed by atoms with E-state index in [1.165, 1.54) is 10.4 Å². The van der Waals surface area contributed by atoms with Crippen molar-refractivity contribution in [2.24, 2.45) is 0 Å². The molecule has 4 heteroatoms. The van der Waals surface area contributed by atoms with Gasteiger partial charge in [0.25, 0.3) is 0 Å². The van der Waals surface area contributed by atoms with E-state index in [-0.39, 0.29) is 0 Å². The summed E-state index contributed by atoms with van der Waals surface area (Å²) in [5.74, 6) is 0. The molecule has 2 aromatic rings. The molecule has 0 fully saturated rings. The third-order valence-corrected chi connectivity index (χ3v) is 3.81. The third kappa shape index (κ3) is 2.96. The van der Waals surface area contributed by atoms with E-state index in [1.807, 2.05) is 4.68 Å². The van der Waals surface area contributed by atoms with Gasteiger partial charge in [-0.3, -0.25) is 4.68 Å². The quantitative estimate of drug-likeness (QED) is 0.882. The molecule has 0 aliphatic heterocycles. The number of nitrogens with one attached hydrogen (secondary N) is 1. The van der Waals surface area contributed by atoms with Gasteiger partial charge in [-0.2, -0.15) is 5.10 Å². The zero-order valence-electron chi connectivity index (χ0n) is 10.6. The normalized spacial score (nSPS) is 12.9. The van der Waals surface area contributed by atoms with Crippen molar-refractivity contribution in [2.75, 3.05) is 0 Å². The van der Waals surface area contributed by atoms with Gasteiger partial charge in [0, 0.05) is 35.8 Å². The number of rotatable bonds is 5. The Kier molecular flexibility index (Phi) is 3.97. The number of hydrogen-bond donors (Lipinski definition) is 1. The molecule has 0 saturated carbocycles. The predicted molar refractivity (Wildman–Crippen MR) is 72.2 cm³/mol. The molecule has 2 rings (SSSR count). The maximum Gasteiger partial charge on any atom is 0.0641 e. The highest BCUT2D eigenvalue weighted by atomic mass is 32.1. The molecule has 0 spiro atoms. The van der Waals surface area contributed by atoms with E-state index in [0.29, 0.717) is 6.04 Å². The van der Waals surface area contributed by atoms with E-state index in [0.717, 1.165) is 18.8 Å². The van der Waals surface area contributed by atoms with Crippen LogP contribution in [0.4, 0.5) is 0 Å². The molecule has 1 unspecified atom stereocenters. The average molecular weight is 249 g/mol. The number of nitrogens with zero attached hydrogens (tertiary/aromatic N) is 2.